The number of esters is 1. The maximum absolute atomic E-state index is 12.5. The van der Waals surface area contributed by atoms with Gasteiger partial charge in [-0.15, -0.1) is 0 Å². The fraction of sp³-hybridized carbons (Fsp3) is 0.222. The molecule has 0 saturated heterocycles. The molecule has 3 rings (SSSR count). The van der Waals surface area contributed by atoms with Crippen molar-refractivity contribution >= 4 is 61.6 Å². The second-order valence-corrected chi connectivity index (χ2v) is 10.3. The summed E-state index contributed by atoms with van der Waals surface area (Å²) in [6.07, 6.45) is 1.44. The molecule has 0 fully saturated rings. The largest absolute Gasteiger partial charge is 0.493 e. The van der Waals surface area contributed by atoms with Gasteiger partial charge in [0.05, 0.1) is 28.4 Å². The number of ether oxygens (including phenoxy) is 3. The lowest BCUT2D eigenvalue weighted by Gasteiger charge is -2.18. The highest BCUT2D eigenvalue weighted by atomic mass is 79.9. The first-order valence-corrected chi connectivity index (χ1v) is 13.2. The van der Waals surface area contributed by atoms with Crippen molar-refractivity contribution in [3.8, 4) is 17.2 Å². The van der Waals surface area contributed by atoms with E-state index in [9.17, 15) is 9.59 Å². The Bertz CT molecular complexity index is 1340. The van der Waals surface area contributed by atoms with Crippen molar-refractivity contribution in [2.45, 2.75) is 26.7 Å². The third-order valence-corrected chi connectivity index (χ3v) is 7.40. The van der Waals surface area contributed by atoms with Crippen LogP contribution in [0.25, 0.3) is 0 Å². The number of amides is 1. The van der Waals surface area contributed by atoms with E-state index in [0.29, 0.717) is 17.1 Å². The average molecular weight is 653 g/mol. The predicted octanol–water partition coefficient (Wildman–Crippen LogP) is 7.05. The van der Waals surface area contributed by atoms with Crippen molar-refractivity contribution in [2.75, 3.05) is 13.7 Å². The van der Waals surface area contributed by atoms with Gasteiger partial charge in [-0.2, -0.15) is 5.10 Å². The van der Waals surface area contributed by atoms with E-state index in [-0.39, 0.29) is 28.9 Å². The molecule has 1 amide bonds. The van der Waals surface area contributed by atoms with Crippen LogP contribution in [-0.4, -0.2) is 31.8 Å². The number of benzene rings is 3. The van der Waals surface area contributed by atoms with Gasteiger partial charge in [0.1, 0.15) is 5.75 Å². The summed E-state index contributed by atoms with van der Waals surface area (Å²) in [5.41, 5.74) is 5.26. The number of hydrazone groups is 1. The third-order valence-electron chi connectivity index (χ3n) is 5.29. The molecule has 0 atom stereocenters. The van der Waals surface area contributed by atoms with E-state index in [1.807, 2.05) is 13.0 Å². The maximum Gasteiger partial charge on any atom is 0.345 e. The maximum atomic E-state index is 12.5. The highest BCUT2D eigenvalue weighted by Gasteiger charge is 2.18. The zero-order valence-electron chi connectivity index (χ0n) is 20.6. The van der Waals surface area contributed by atoms with Gasteiger partial charge in [-0.05, 0) is 81.9 Å². The molecule has 0 aromatic heterocycles. The zero-order chi connectivity index (χ0) is 27.1. The molecule has 37 heavy (non-hydrogen) atoms. The number of halogens is 3. The Morgan fingerprint density at radius 2 is 1.84 bits per heavy atom. The summed E-state index contributed by atoms with van der Waals surface area (Å²) in [6.45, 7) is 5.85. The van der Waals surface area contributed by atoms with E-state index in [4.69, 9.17) is 25.8 Å². The van der Waals surface area contributed by atoms with Crippen molar-refractivity contribution in [3.63, 3.8) is 0 Å². The van der Waals surface area contributed by atoms with Gasteiger partial charge < -0.3 is 14.2 Å². The number of nitrogens with zero attached hydrogens (tertiary/aromatic N) is 1. The number of rotatable bonds is 9. The van der Waals surface area contributed by atoms with Crippen LogP contribution < -0.4 is 19.6 Å². The Morgan fingerprint density at radius 3 is 2.51 bits per heavy atom. The van der Waals surface area contributed by atoms with E-state index in [2.05, 4.69) is 56.2 Å². The normalized spacial score (nSPS) is 11.0. The first-order chi connectivity index (χ1) is 17.6. The Kier molecular flexibility index (Phi) is 10.1. The van der Waals surface area contributed by atoms with E-state index >= 15 is 0 Å². The number of nitrogens with one attached hydrogen (secondary N) is 1. The minimum absolute atomic E-state index is 0.200. The SMILES string of the molecule is COc1cc(/C=N\NC(=O)COc2c(C(C)C)cc(Br)c(C)c2Br)ccc1OC(=O)c1ccccc1Cl. The molecule has 0 aliphatic heterocycles. The van der Waals surface area contributed by atoms with Gasteiger partial charge in [-0.25, -0.2) is 10.2 Å². The van der Waals surface area contributed by atoms with Crippen LogP contribution in [0.4, 0.5) is 0 Å². The van der Waals surface area contributed by atoms with Crippen LogP contribution in [0, 0.1) is 6.92 Å². The summed E-state index contributed by atoms with van der Waals surface area (Å²) in [5, 5.41) is 4.28. The molecule has 194 valence electrons. The highest BCUT2D eigenvalue weighted by molar-refractivity contribution is 9.11. The Labute approximate surface area is 237 Å². The quantitative estimate of drug-likeness (QED) is 0.116. The van der Waals surface area contributed by atoms with Gasteiger partial charge in [0.25, 0.3) is 5.91 Å². The van der Waals surface area contributed by atoms with Crippen molar-refractivity contribution in [2.24, 2.45) is 5.10 Å². The van der Waals surface area contributed by atoms with Crippen molar-refractivity contribution in [1.82, 2.24) is 5.43 Å². The molecule has 1 N–H and O–H groups in total. The summed E-state index contributed by atoms with van der Waals surface area (Å²) in [5.74, 6) is 0.336. The van der Waals surface area contributed by atoms with E-state index in [1.54, 1.807) is 42.5 Å². The molecule has 0 aliphatic carbocycles. The van der Waals surface area contributed by atoms with Gasteiger partial charge in [0.15, 0.2) is 18.1 Å². The summed E-state index contributed by atoms with van der Waals surface area (Å²) in [4.78, 5) is 24.8. The monoisotopic (exact) mass is 650 g/mol. The van der Waals surface area contributed by atoms with Gasteiger partial charge >= 0.3 is 5.97 Å². The Hall–Kier alpha value is -2.88. The molecule has 0 spiro atoms. The minimum atomic E-state index is -0.606. The molecular formula is C27H25Br2ClN2O5. The lowest BCUT2D eigenvalue weighted by Crippen LogP contribution is -2.25. The van der Waals surface area contributed by atoms with Gasteiger partial charge in [-0.3, -0.25) is 4.79 Å². The Balaban J connectivity index is 1.63. The van der Waals surface area contributed by atoms with Crippen LogP contribution in [0.2, 0.25) is 5.02 Å². The summed E-state index contributed by atoms with van der Waals surface area (Å²) >= 11 is 13.2. The highest BCUT2D eigenvalue weighted by Crippen LogP contribution is 2.40. The minimum Gasteiger partial charge on any atom is -0.493 e. The summed E-state index contributed by atoms with van der Waals surface area (Å²) in [6, 6.07) is 13.5. The lowest BCUT2D eigenvalue weighted by molar-refractivity contribution is -0.123. The van der Waals surface area contributed by atoms with Crippen molar-refractivity contribution < 1.29 is 23.8 Å². The molecule has 0 saturated carbocycles. The third kappa shape index (κ3) is 7.34. The van der Waals surface area contributed by atoms with Crippen molar-refractivity contribution in [3.05, 3.63) is 84.8 Å². The first kappa shape index (κ1) is 28.7. The van der Waals surface area contributed by atoms with Gasteiger partial charge in [0, 0.05) is 4.47 Å². The van der Waals surface area contributed by atoms with Crippen LogP contribution in [0.5, 0.6) is 17.2 Å². The topological polar surface area (TPSA) is 86.2 Å². The molecule has 0 heterocycles. The molecule has 3 aromatic rings. The molecule has 7 nitrogen and oxygen atoms in total. The molecule has 0 radical (unpaired) electrons. The fourth-order valence-electron chi connectivity index (χ4n) is 3.27. The first-order valence-electron chi connectivity index (χ1n) is 11.2. The predicted molar refractivity (Wildman–Crippen MR) is 151 cm³/mol. The number of methoxy groups -OCH3 is 1. The van der Waals surface area contributed by atoms with Crippen LogP contribution >= 0.6 is 43.5 Å². The molecule has 3 aromatic carbocycles. The average Bonchev–Trinajstić information content (AvgIpc) is 2.87. The van der Waals surface area contributed by atoms with E-state index in [0.717, 1.165) is 20.1 Å². The standard InChI is InChI=1S/C27H25Br2ClN2O5/c1-15(2)19-12-20(28)16(3)25(29)26(19)36-14-24(33)32-31-13-17-9-10-22(23(11-17)35-4)37-27(34)18-7-5-6-8-21(18)30/h5-13,15H,14H2,1-4H3,(H,32,33)/b31-13-. The van der Waals surface area contributed by atoms with Gasteiger partial charge in [-0.1, -0.05) is 53.5 Å². The number of hydrogen-bond acceptors (Lipinski definition) is 6. The van der Waals surface area contributed by atoms with Crippen LogP contribution in [0.1, 0.15) is 46.8 Å². The molecule has 0 aliphatic rings. The van der Waals surface area contributed by atoms with E-state index < -0.39 is 11.9 Å². The lowest BCUT2D eigenvalue weighted by atomic mass is 10.0. The van der Waals surface area contributed by atoms with Crippen LogP contribution in [0.15, 0.2) is 62.6 Å². The molecule has 10 heteroatoms. The molecule has 0 unspecified atom stereocenters. The zero-order valence-corrected chi connectivity index (χ0v) is 24.5. The van der Waals surface area contributed by atoms with Crippen LogP contribution in [0.3, 0.4) is 0 Å². The Morgan fingerprint density at radius 1 is 1.11 bits per heavy atom. The second-order valence-electron chi connectivity index (χ2n) is 8.23. The number of carbonyl (C=O) groups is 2. The second kappa shape index (κ2) is 13.1. The van der Waals surface area contributed by atoms with Crippen LogP contribution in [-0.2, 0) is 4.79 Å². The van der Waals surface area contributed by atoms with E-state index in [1.165, 1.54) is 13.3 Å². The summed E-state index contributed by atoms with van der Waals surface area (Å²) < 4.78 is 18.4. The fourth-order valence-corrected chi connectivity index (χ4v) is 4.75. The van der Waals surface area contributed by atoms with Crippen molar-refractivity contribution in [1.29, 1.82) is 0 Å². The molecular weight excluding hydrogens is 628 g/mol. The summed E-state index contributed by atoms with van der Waals surface area (Å²) in [7, 11) is 1.45. The smallest absolute Gasteiger partial charge is 0.345 e. The number of hydrogen-bond donors (Lipinski definition) is 1. The van der Waals surface area contributed by atoms with Gasteiger partial charge in [0.2, 0.25) is 0 Å². The molecule has 0 bridgehead atoms. The number of carbonyl (C=O) groups excluding carboxylic acids is 2.